The van der Waals surface area contributed by atoms with Crippen molar-refractivity contribution in [3.05, 3.63) is 28.8 Å². The zero-order valence-electron chi connectivity index (χ0n) is 14.1. The molecule has 1 aliphatic rings. The molecular formula is C16H24N2O4S. The highest BCUT2D eigenvalue weighted by molar-refractivity contribution is 7.88. The molecule has 1 amide bonds. The minimum Gasteiger partial charge on any atom is -0.496 e. The van der Waals surface area contributed by atoms with E-state index in [-0.39, 0.29) is 12.3 Å². The van der Waals surface area contributed by atoms with Crippen LogP contribution in [0.5, 0.6) is 5.75 Å². The highest BCUT2D eigenvalue weighted by atomic mass is 32.2. The van der Waals surface area contributed by atoms with E-state index in [1.807, 2.05) is 26.0 Å². The van der Waals surface area contributed by atoms with Crippen LogP contribution >= 0.6 is 0 Å². The molecule has 0 N–H and O–H groups in total. The lowest BCUT2D eigenvalue weighted by Gasteiger charge is -2.33. The Balaban J connectivity index is 2.07. The first-order valence-electron chi connectivity index (χ1n) is 7.59. The van der Waals surface area contributed by atoms with Gasteiger partial charge in [0.1, 0.15) is 5.75 Å². The molecule has 1 aliphatic heterocycles. The smallest absolute Gasteiger partial charge is 0.227 e. The van der Waals surface area contributed by atoms with Crippen LogP contribution in [-0.2, 0) is 21.2 Å². The lowest BCUT2D eigenvalue weighted by molar-refractivity contribution is -0.131. The predicted octanol–water partition coefficient (Wildman–Crippen LogP) is 0.958. The van der Waals surface area contributed by atoms with Crippen LogP contribution in [0.4, 0.5) is 0 Å². The van der Waals surface area contributed by atoms with Crippen molar-refractivity contribution in [1.82, 2.24) is 9.21 Å². The Morgan fingerprint density at radius 2 is 1.78 bits per heavy atom. The molecule has 1 heterocycles. The van der Waals surface area contributed by atoms with Crippen molar-refractivity contribution in [3.63, 3.8) is 0 Å². The first kappa shape index (κ1) is 17.7. The number of piperazine rings is 1. The Morgan fingerprint density at radius 1 is 1.17 bits per heavy atom. The molecule has 128 valence electrons. The van der Waals surface area contributed by atoms with Gasteiger partial charge in [0.15, 0.2) is 0 Å². The van der Waals surface area contributed by atoms with Gasteiger partial charge in [0.05, 0.1) is 19.8 Å². The molecule has 0 bridgehead atoms. The number of hydrogen-bond acceptors (Lipinski definition) is 4. The van der Waals surface area contributed by atoms with Crippen LogP contribution < -0.4 is 4.74 Å². The summed E-state index contributed by atoms with van der Waals surface area (Å²) in [5.74, 6) is 0.750. The fraction of sp³-hybridized carbons (Fsp3) is 0.562. The van der Waals surface area contributed by atoms with Crippen LogP contribution in [0.25, 0.3) is 0 Å². The zero-order chi connectivity index (χ0) is 17.2. The van der Waals surface area contributed by atoms with Gasteiger partial charge in [-0.05, 0) is 19.4 Å². The summed E-state index contributed by atoms with van der Waals surface area (Å²) in [5, 5.41) is 0. The molecule has 23 heavy (non-hydrogen) atoms. The number of ether oxygens (including phenoxy) is 1. The number of hydrogen-bond donors (Lipinski definition) is 0. The predicted molar refractivity (Wildman–Crippen MR) is 89.2 cm³/mol. The molecule has 2 rings (SSSR count). The fourth-order valence-corrected chi connectivity index (χ4v) is 3.84. The average Bonchev–Trinajstić information content (AvgIpc) is 2.46. The second-order valence-corrected chi connectivity index (χ2v) is 7.98. The third kappa shape index (κ3) is 4.23. The summed E-state index contributed by atoms with van der Waals surface area (Å²) in [6.45, 7) is 5.52. The number of methoxy groups -OCH3 is 1. The van der Waals surface area contributed by atoms with Gasteiger partial charge in [-0.3, -0.25) is 4.79 Å². The summed E-state index contributed by atoms with van der Waals surface area (Å²) in [5.41, 5.74) is 2.98. The maximum Gasteiger partial charge on any atom is 0.227 e. The van der Waals surface area contributed by atoms with Crippen molar-refractivity contribution in [2.24, 2.45) is 0 Å². The van der Waals surface area contributed by atoms with Gasteiger partial charge < -0.3 is 9.64 Å². The molecule has 1 aromatic carbocycles. The van der Waals surface area contributed by atoms with Gasteiger partial charge in [-0.15, -0.1) is 0 Å². The Hall–Kier alpha value is -1.60. The summed E-state index contributed by atoms with van der Waals surface area (Å²) in [6, 6.07) is 3.99. The quantitative estimate of drug-likeness (QED) is 0.819. The zero-order valence-corrected chi connectivity index (χ0v) is 14.9. The number of aryl methyl sites for hydroxylation is 2. The van der Waals surface area contributed by atoms with E-state index in [4.69, 9.17) is 4.74 Å². The van der Waals surface area contributed by atoms with Crippen molar-refractivity contribution in [2.75, 3.05) is 39.5 Å². The molecule has 0 spiro atoms. The largest absolute Gasteiger partial charge is 0.496 e. The Kier molecular flexibility index (Phi) is 5.31. The maximum atomic E-state index is 12.5. The lowest BCUT2D eigenvalue weighted by Crippen LogP contribution is -2.50. The number of carbonyl (C=O) groups excluding carboxylic acids is 1. The van der Waals surface area contributed by atoms with Crippen LogP contribution in [0, 0.1) is 13.8 Å². The molecule has 1 saturated heterocycles. The van der Waals surface area contributed by atoms with Crippen LogP contribution in [0.2, 0.25) is 0 Å². The molecule has 7 heteroatoms. The molecule has 0 radical (unpaired) electrons. The van der Waals surface area contributed by atoms with E-state index in [0.29, 0.717) is 26.2 Å². The molecule has 6 nitrogen and oxygen atoms in total. The van der Waals surface area contributed by atoms with Gasteiger partial charge in [-0.2, -0.15) is 4.31 Å². The van der Waals surface area contributed by atoms with Gasteiger partial charge in [-0.25, -0.2) is 8.42 Å². The van der Waals surface area contributed by atoms with E-state index in [2.05, 4.69) is 0 Å². The second kappa shape index (κ2) is 6.88. The standard InChI is InChI=1S/C16H24N2O4S/c1-12-9-13(2)16(22-3)14(10-12)11-15(19)17-5-7-18(8-6-17)23(4,20)21/h9-10H,5-8,11H2,1-4H3. The molecular weight excluding hydrogens is 316 g/mol. The number of benzene rings is 1. The van der Waals surface area contributed by atoms with Crippen LogP contribution in [0.15, 0.2) is 12.1 Å². The number of carbonyl (C=O) groups is 1. The van der Waals surface area contributed by atoms with Crippen LogP contribution in [-0.4, -0.2) is 63.1 Å². The van der Waals surface area contributed by atoms with Gasteiger partial charge in [0.25, 0.3) is 0 Å². The first-order valence-corrected chi connectivity index (χ1v) is 9.44. The van der Waals surface area contributed by atoms with Gasteiger partial charge >= 0.3 is 0 Å². The van der Waals surface area contributed by atoms with Crippen molar-refractivity contribution in [2.45, 2.75) is 20.3 Å². The minimum absolute atomic E-state index is 0.00134. The molecule has 0 aliphatic carbocycles. The summed E-state index contributed by atoms with van der Waals surface area (Å²) in [7, 11) is -1.57. The number of sulfonamides is 1. The number of amides is 1. The molecule has 1 fully saturated rings. The van der Waals surface area contributed by atoms with E-state index in [1.54, 1.807) is 12.0 Å². The topological polar surface area (TPSA) is 66.9 Å². The molecule has 0 atom stereocenters. The number of rotatable bonds is 4. The van der Waals surface area contributed by atoms with E-state index in [1.165, 1.54) is 10.6 Å². The molecule has 0 saturated carbocycles. The van der Waals surface area contributed by atoms with Crippen molar-refractivity contribution >= 4 is 15.9 Å². The summed E-state index contributed by atoms with van der Waals surface area (Å²) in [6.07, 6.45) is 1.47. The summed E-state index contributed by atoms with van der Waals surface area (Å²) in [4.78, 5) is 14.2. The van der Waals surface area contributed by atoms with Gasteiger partial charge in [0.2, 0.25) is 15.9 Å². The third-order valence-electron chi connectivity index (χ3n) is 4.10. The van der Waals surface area contributed by atoms with E-state index in [9.17, 15) is 13.2 Å². The maximum absolute atomic E-state index is 12.5. The summed E-state index contributed by atoms with van der Waals surface area (Å²) < 4.78 is 29.9. The Morgan fingerprint density at radius 3 is 2.30 bits per heavy atom. The Bertz CT molecular complexity index is 692. The highest BCUT2D eigenvalue weighted by Crippen LogP contribution is 2.26. The monoisotopic (exact) mass is 340 g/mol. The molecule has 0 aromatic heterocycles. The van der Waals surface area contributed by atoms with E-state index in [0.717, 1.165) is 22.4 Å². The molecule has 0 unspecified atom stereocenters. The minimum atomic E-state index is -3.18. The van der Waals surface area contributed by atoms with Crippen molar-refractivity contribution < 1.29 is 17.9 Å². The fourth-order valence-electron chi connectivity index (χ4n) is 3.01. The molecule has 1 aromatic rings. The van der Waals surface area contributed by atoms with Crippen LogP contribution in [0.3, 0.4) is 0 Å². The Labute approximate surface area is 138 Å². The van der Waals surface area contributed by atoms with Crippen molar-refractivity contribution in [1.29, 1.82) is 0 Å². The van der Waals surface area contributed by atoms with E-state index < -0.39 is 10.0 Å². The first-order chi connectivity index (χ1) is 10.7. The van der Waals surface area contributed by atoms with Gasteiger partial charge in [-0.1, -0.05) is 17.7 Å². The second-order valence-electron chi connectivity index (χ2n) is 5.99. The summed E-state index contributed by atoms with van der Waals surface area (Å²) >= 11 is 0. The van der Waals surface area contributed by atoms with E-state index >= 15 is 0 Å². The van der Waals surface area contributed by atoms with Crippen molar-refractivity contribution in [3.8, 4) is 5.75 Å². The van der Waals surface area contributed by atoms with Gasteiger partial charge in [0, 0.05) is 31.7 Å². The SMILES string of the molecule is COc1c(C)cc(C)cc1CC(=O)N1CCN(S(C)(=O)=O)CC1. The lowest BCUT2D eigenvalue weighted by atomic mass is 10.0. The van der Waals surface area contributed by atoms with Crippen LogP contribution in [0.1, 0.15) is 16.7 Å². The number of nitrogens with zero attached hydrogens (tertiary/aromatic N) is 2. The third-order valence-corrected chi connectivity index (χ3v) is 5.41. The normalized spacial score (nSPS) is 16.4. The highest BCUT2D eigenvalue weighted by Gasteiger charge is 2.26. The average molecular weight is 340 g/mol.